The zero-order valence-electron chi connectivity index (χ0n) is 5.95. The molecule has 2 unspecified atom stereocenters. The molecule has 0 aromatic heterocycles. The maximum Gasteiger partial charge on any atom is 0.308 e. The van der Waals surface area contributed by atoms with Crippen molar-refractivity contribution in [3.8, 4) is 0 Å². The van der Waals surface area contributed by atoms with E-state index in [1.54, 1.807) is 6.92 Å². The van der Waals surface area contributed by atoms with Crippen molar-refractivity contribution in [3.05, 3.63) is 0 Å². The molecule has 4 N–H and O–H groups in total. The van der Waals surface area contributed by atoms with Crippen molar-refractivity contribution in [2.45, 2.75) is 19.4 Å². The van der Waals surface area contributed by atoms with Gasteiger partial charge in [0.05, 0.1) is 5.92 Å². The quantitative estimate of drug-likeness (QED) is 0.496. The Hall–Kier alpha value is -0.610. The molecule has 0 aromatic rings. The summed E-state index contributed by atoms with van der Waals surface area (Å²) in [5.74, 6) is -1.56. The Kier molecular flexibility index (Phi) is 3.99. The lowest BCUT2D eigenvalue weighted by Crippen LogP contribution is -2.33. The fourth-order valence-electron chi connectivity index (χ4n) is 0.750. The molecule has 60 valence electrons. The molecular formula is C6H13NO3. The van der Waals surface area contributed by atoms with Gasteiger partial charge in [-0.1, -0.05) is 0 Å². The molecule has 0 aliphatic heterocycles. The summed E-state index contributed by atoms with van der Waals surface area (Å²) < 4.78 is 0. The van der Waals surface area contributed by atoms with Gasteiger partial charge in [0.2, 0.25) is 0 Å². The summed E-state index contributed by atoms with van der Waals surface area (Å²) >= 11 is 0. The first-order valence-corrected chi connectivity index (χ1v) is 3.18. The molecule has 0 saturated heterocycles. The van der Waals surface area contributed by atoms with E-state index in [0.29, 0.717) is 0 Å². The smallest absolute Gasteiger partial charge is 0.308 e. The van der Waals surface area contributed by atoms with Gasteiger partial charge in [-0.2, -0.15) is 0 Å². The summed E-state index contributed by atoms with van der Waals surface area (Å²) in [5.41, 5.74) is 5.33. The summed E-state index contributed by atoms with van der Waals surface area (Å²) in [6, 6.07) is -0.398. The molecule has 0 rings (SSSR count). The van der Waals surface area contributed by atoms with Crippen LogP contribution < -0.4 is 5.73 Å². The second-order valence-electron chi connectivity index (χ2n) is 2.32. The van der Waals surface area contributed by atoms with Gasteiger partial charge in [0.25, 0.3) is 0 Å². The van der Waals surface area contributed by atoms with Gasteiger partial charge in [-0.05, 0) is 13.3 Å². The molecule has 0 aliphatic rings. The summed E-state index contributed by atoms with van der Waals surface area (Å²) in [5, 5.41) is 16.9. The number of nitrogens with two attached hydrogens (primary N) is 1. The van der Waals surface area contributed by atoms with Crippen molar-refractivity contribution in [1.82, 2.24) is 0 Å². The topological polar surface area (TPSA) is 83.5 Å². The van der Waals surface area contributed by atoms with Gasteiger partial charge in [-0.25, -0.2) is 0 Å². The van der Waals surface area contributed by atoms with Crippen LogP contribution >= 0.6 is 0 Å². The van der Waals surface area contributed by atoms with E-state index in [4.69, 9.17) is 15.9 Å². The Labute approximate surface area is 59.7 Å². The van der Waals surface area contributed by atoms with Crippen molar-refractivity contribution in [1.29, 1.82) is 0 Å². The summed E-state index contributed by atoms with van der Waals surface area (Å²) in [4.78, 5) is 10.3. The third-order valence-corrected chi connectivity index (χ3v) is 1.39. The maximum absolute atomic E-state index is 10.3. The van der Waals surface area contributed by atoms with Gasteiger partial charge in [0.1, 0.15) is 0 Å². The molecule has 0 aromatic carbocycles. The van der Waals surface area contributed by atoms with Gasteiger partial charge in [-0.15, -0.1) is 0 Å². The molecule has 0 spiro atoms. The Morgan fingerprint density at radius 3 is 2.30 bits per heavy atom. The molecule has 0 fully saturated rings. The van der Waals surface area contributed by atoms with E-state index >= 15 is 0 Å². The fraction of sp³-hybridized carbons (Fsp3) is 0.833. The normalized spacial score (nSPS) is 16.3. The second kappa shape index (κ2) is 4.24. The van der Waals surface area contributed by atoms with Gasteiger partial charge in [0.15, 0.2) is 0 Å². The molecule has 0 saturated carbocycles. The Bertz CT molecular complexity index is 114. The Morgan fingerprint density at radius 2 is 2.20 bits per heavy atom. The molecule has 4 nitrogen and oxygen atoms in total. The van der Waals surface area contributed by atoms with Gasteiger partial charge < -0.3 is 15.9 Å². The van der Waals surface area contributed by atoms with Gasteiger partial charge in [0, 0.05) is 12.6 Å². The number of aliphatic carboxylic acids is 1. The van der Waals surface area contributed by atoms with Crippen LogP contribution in [0.15, 0.2) is 0 Å². The zero-order valence-corrected chi connectivity index (χ0v) is 5.95. The molecule has 10 heavy (non-hydrogen) atoms. The van der Waals surface area contributed by atoms with Crippen molar-refractivity contribution in [3.63, 3.8) is 0 Å². The van der Waals surface area contributed by atoms with Crippen molar-refractivity contribution >= 4 is 5.97 Å². The molecule has 0 bridgehead atoms. The highest BCUT2D eigenvalue weighted by Gasteiger charge is 2.20. The van der Waals surface area contributed by atoms with Crippen molar-refractivity contribution in [2.75, 3.05) is 6.61 Å². The van der Waals surface area contributed by atoms with Crippen LogP contribution in [0, 0.1) is 5.92 Å². The van der Waals surface area contributed by atoms with Crippen LogP contribution in [0.2, 0.25) is 0 Å². The van der Waals surface area contributed by atoms with E-state index in [9.17, 15) is 4.79 Å². The third-order valence-electron chi connectivity index (χ3n) is 1.39. The first kappa shape index (κ1) is 9.39. The molecule has 0 aliphatic carbocycles. The minimum absolute atomic E-state index is 0.126. The molecule has 4 heteroatoms. The number of aliphatic hydroxyl groups is 1. The Morgan fingerprint density at radius 1 is 1.70 bits per heavy atom. The number of carboxylic acids is 1. The van der Waals surface area contributed by atoms with Crippen LogP contribution in [0.4, 0.5) is 0 Å². The molecular weight excluding hydrogens is 134 g/mol. The van der Waals surface area contributed by atoms with Crippen LogP contribution in [-0.2, 0) is 4.79 Å². The maximum atomic E-state index is 10.3. The number of carbonyl (C=O) groups is 1. The fourth-order valence-corrected chi connectivity index (χ4v) is 0.750. The van der Waals surface area contributed by atoms with E-state index in [2.05, 4.69) is 0 Å². The SMILES string of the molecule is CC(N)C(CCO)C(=O)O. The van der Waals surface area contributed by atoms with E-state index in [1.165, 1.54) is 0 Å². The van der Waals surface area contributed by atoms with Crippen LogP contribution in [-0.4, -0.2) is 28.8 Å². The van der Waals surface area contributed by atoms with Crippen molar-refractivity contribution in [2.24, 2.45) is 11.7 Å². The van der Waals surface area contributed by atoms with Crippen LogP contribution in [0.25, 0.3) is 0 Å². The third kappa shape index (κ3) is 2.80. The Balaban J connectivity index is 3.85. The zero-order chi connectivity index (χ0) is 8.15. The van der Waals surface area contributed by atoms with E-state index in [1.807, 2.05) is 0 Å². The largest absolute Gasteiger partial charge is 0.481 e. The van der Waals surface area contributed by atoms with Crippen LogP contribution in [0.1, 0.15) is 13.3 Å². The van der Waals surface area contributed by atoms with E-state index < -0.39 is 17.9 Å². The highest BCUT2D eigenvalue weighted by atomic mass is 16.4. The highest BCUT2D eigenvalue weighted by Crippen LogP contribution is 2.05. The second-order valence-corrected chi connectivity index (χ2v) is 2.32. The summed E-state index contributed by atoms with van der Waals surface area (Å²) in [6.07, 6.45) is 0.229. The average molecular weight is 147 g/mol. The summed E-state index contributed by atoms with van der Waals surface area (Å²) in [6.45, 7) is 1.49. The predicted molar refractivity (Wildman–Crippen MR) is 36.5 cm³/mol. The first-order chi connectivity index (χ1) is 4.59. The van der Waals surface area contributed by atoms with Crippen LogP contribution in [0.3, 0.4) is 0 Å². The lowest BCUT2D eigenvalue weighted by molar-refractivity contribution is -0.142. The number of hydrogen-bond donors (Lipinski definition) is 3. The number of carboxylic acid groups (broad SMARTS) is 1. The average Bonchev–Trinajstić information content (AvgIpc) is 1.81. The van der Waals surface area contributed by atoms with E-state index in [0.717, 1.165) is 0 Å². The first-order valence-electron chi connectivity index (χ1n) is 3.18. The standard InChI is InChI=1S/C6H13NO3/c1-4(7)5(2-3-8)6(9)10/h4-5,8H,2-3,7H2,1H3,(H,9,10). The monoisotopic (exact) mass is 147 g/mol. The minimum atomic E-state index is -0.941. The molecule has 0 heterocycles. The van der Waals surface area contributed by atoms with Crippen LogP contribution in [0.5, 0.6) is 0 Å². The lowest BCUT2D eigenvalue weighted by Gasteiger charge is -2.13. The molecule has 2 atom stereocenters. The number of hydrogen-bond acceptors (Lipinski definition) is 3. The predicted octanol–water partition coefficient (Wildman–Crippen LogP) is -0.583. The number of rotatable bonds is 4. The van der Waals surface area contributed by atoms with Crippen molar-refractivity contribution < 1.29 is 15.0 Å². The minimum Gasteiger partial charge on any atom is -0.481 e. The molecule has 0 amide bonds. The van der Waals surface area contributed by atoms with Gasteiger partial charge >= 0.3 is 5.97 Å². The van der Waals surface area contributed by atoms with Gasteiger partial charge in [-0.3, -0.25) is 4.79 Å². The summed E-state index contributed by atoms with van der Waals surface area (Å²) in [7, 11) is 0. The van der Waals surface area contributed by atoms with E-state index in [-0.39, 0.29) is 13.0 Å². The highest BCUT2D eigenvalue weighted by molar-refractivity contribution is 5.70. The number of aliphatic hydroxyl groups excluding tert-OH is 1. The lowest BCUT2D eigenvalue weighted by atomic mass is 9.99. The molecule has 0 radical (unpaired) electrons.